The van der Waals surface area contributed by atoms with Crippen molar-refractivity contribution < 1.29 is 14.7 Å². The summed E-state index contributed by atoms with van der Waals surface area (Å²) in [5.41, 5.74) is 1.84. The fourth-order valence-corrected chi connectivity index (χ4v) is 3.04. The molecule has 0 aliphatic carbocycles. The standard InChI is InChI=1S/C17H23NO3/c1-11(2)17(16(20)21)7-8-18(10-17)15(19)14-9-12(3)5-6-13(14)4/h5-6,9,11H,7-8,10H2,1-4H3,(H,20,21). The number of nitrogens with zero attached hydrogens (tertiary/aromatic N) is 1. The molecule has 1 fully saturated rings. The summed E-state index contributed by atoms with van der Waals surface area (Å²) >= 11 is 0. The summed E-state index contributed by atoms with van der Waals surface area (Å²) in [4.78, 5) is 26.0. The van der Waals surface area contributed by atoms with Crippen molar-refractivity contribution in [1.29, 1.82) is 0 Å². The molecule has 1 unspecified atom stereocenters. The van der Waals surface area contributed by atoms with E-state index in [1.54, 1.807) is 4.90 Å². The highest BCUT2D eigenvalue weighted by atomic mass is 16.4. The quantitative estimate of drug-likeness (QED) is 0.931. The van der Waals surface area contributed by atoms with Crippen LogP contribution in [-0.2, 0) is 4.79 Å². The van der Waals surface area contributed by atoms with Gasteiger partial charge in [-0.1, -0.05) is 31.5 Å². The Bertz CT molecular complexity index is 579. The Balaban J connectivity index is 2.27. The number of aryl methyl sites for hydroxylation is 2. The molecule has 0 saturated carbocycles. The molecule has 114 valence electrons. The minimum atomic E-state index is -0.812. The van der Waals surface area contributed by atoms with Gasteiger partial charge in [0.25, 0.3) is 5.91 Å². The molecular formula is C17H23NO3. The molecular weight excluding hydrogens is 266 g/mol. The maximum atomic E-state index is 12.7. The summed E-state index contributed by atoms with van der Waals surface area (Å²) in [7, 11) is 0. The fraction of sp³-hybridized carbons (Fsp3) is 0.529. The van der Waals surface area contributed by atoms with Crippen LogP contribution in [-0.4, -0.2) is 35.0 Å². The van der Waals surface area contributed by atoms with Crippen LogP contribution in [0.1, 0.15) is 41.8 Å². The molecule has 1 aliphatic rings. The molecule has 1 N–H and O–H groups in total. The van der Waals surface area contributed by atoms with Crippen molar-refractivity contribution in [3.05, 3.63) is 34.9 Å². The molecule has 2 rings (SSSR count). The molecule has 1 saturated heterocycles. The minimum Gasteiger partial charge on any atom is -0.481 e. The molecule has 0 bridgehead atoms. The number of carbonyl (C=O) groups excluding carboxylic acids is 1. The van der Waals surface area contributed by atoms with Crippen molar-refractivity contribution >= 4 is 11.9 Å². The van der Waals surface area contributed by atoms with Crippen LogP contribution in [0.4, 0.5) is 0 Å². The van der Waals surface area contributed by atoms with E-state index >= 15 is 0 Å². The first-order chi connectivity index (χ1) is 9.78. The number of rotatable bonds is 3. The van der Waals surface area contributed by atoms with Crippen molar-refractivity contribution in [2.45, 2.75) is 34.1 Å². The lowest BCUT2D eigenvalue weighted by atomic mass is 9.76. The zero-order valence-corrected chi connectivity index (χ0v) is 13.1. The topological polar surface area (TPSA) is 57.6 Å². The van der Waals surface area contributed by atoms with Crippen LogP contribution in [0.3, 0.4) is 0 Å². The molecule has 1 aromatic rings. The van der Waals surface area contributed by atoms with E-state index in [0.29, 0.717) is 25.1 Å². The lowest BCUT2D eigenvalue weighted by molar-refractivity contribution is -0.150. The van der Waals surface area contributed by atoms with Crippen LogP contribution in [0.15, 0.2) is 18.2 Å². The van der Waals surface area contributed by atoms with Crippen molar-refractivity contribution in [3.8, 4) is 0 Å². The number of carbonyl (C=O) groups is 2. The third kappa shape index (κ3) is 2.67. The number of carboxylic acid groups (broad SMARTS) is 1. The number of hydrogen-bond donors (Lipinski definition) is 1. The predicted molar refractivity (Wildman–Crippen MR) is 81.3 cm³/mol. The van der Waals surface area contributed by atoms with E-state index in [9.17, 15) is 14.7 Å². The molecule has 1 aromatic carbocycles. The minimum absolute atomic E-state index is 0.00593. The van der Waals surface area contributed by atoms with Crippen LogP contribution < -0.4 is 0 Å². The Morgan fingerprint density at radius 2 is 1.95 bits per heavy atom. The second kappa shape index (κ2) is 5.51. The van der Waals surface area contributed by atoms with Gasteiger partial charge in [0, 0.05) is 18.7 Å². The Hall–Kier alpha value is -1.84. The average molecular weight is 289 g/mol. The van der Waals surface area contributed by atoms with Crippen molar-refractivity contribution in [3.63, 3.8) is 0 Å². The Labute approximate surface area is 125 Å². The first-order valence-corrected chi connectivity index (χ1v) is 7.38. The van der Waals surface area contributed by atoms with Gasteiger partial charge in [-0.05, 0) is 37.8 Å². The maximum Gasteiger partial charge on any atom is 0.311 e. The van der Waals surface area contributed by atoms with E-state index < -0.39 is 11.4 Å². The van der Waals surface area contributed by atoms with Crippen LogP contribution in [0.5, 0.6) is 0 Å². The second-order valence-corrected chi connectivity index (χ2v) is 6.41. The fourth-order valence-electron chi connectivity index (χ4n) is 3.04. The average Bonchev–Trinajstić information content (AvgIpc) is 2.87. The molecule has 0 spiro atoms. The third-order valence-corrected chi connectivity index (χ3v) is 4.74. The van der Waals surface area contributed by atoms with E-state index in [0.717, 1.165) is 11.1 Å². The third-order valence-electron chi connectivity index (χ3n) is 4.74. The summed E-state index contributed by atoms with van der Waals surface area (Å²) < 4.78 is 0. The van der Waals surface area contributed by atoms with Crippen LogP contribution in [0, 0.1) is 25.2 Å². The first kappa shape index (κ1) is 15.5. The second-order valence-electron chi connectivity index (χ2n) is 6.41. The summed E-state index contributed by atoms with van der Waals surface area (Å²) in [5.74, 6) is -0.847. The van der Waals surface area contributed by atoms with Crippen molar-refractivity contribution in [2.75, 3.05) is 13.1 Å². The molecule has 1 aliphatic heterocycles. The highest BCUT2D eigenvalue weighted by molar-refractivity contribution is 5.96. The largest absolute Gasteiger partial charge is 0.481 e. The smallest absolute Gasteiger partial charge is 0.311 e. The van der Waals surface area contributed by atoms with Crippen LogP contribution in [0.25, 0.3) is 0 Å². The van der Waals surface area contributed by atoms with Gasteiger partial charge < -0.3 is 10.0 Å². The molecule has 1 amide bonds. The van der Waals surface area contributed by atoms with Gasteiger partial charge in [-0.3, -0.25) is 9.59 Å². The number of aliphatic carboxylic acids is 1. The summed E-state index contributed by atoms with van der Waals surface area (Å²) in [5, 5.41) is 9.57. The summed E-state index contributed by atoms with van der Waals surface area (Å²) in [6.45, 7) is 8.51. The lowest BCUT2D eigenvalue weighted by Crippen LogP contribution is -2.40. The zero-order chi connectivity index (χ0) is 15.8. The van der Waals surface area contributed by atoms with Gasteiger partial charge in [-0.2, -0.15) is 0 Å². The van der Waals surface area contributed by atoms with Crippen LogP contribution in [0.2, 0.25) is 0 Å². The molecule has 1 heterocycles. The molecule has 0 aromatic heterocycles. The van der Waals surface area contributed by atoms with Crippen molar-refractivity contribution in [1.82, 2.24) is 4.90 Å². The van der Waals surface area contributed by atoms with E-state index in [4.69, 9.17) is 0 Å². The molecule has 4 heteroatoms. The Morgan fingerprint density at radius 1 is 1.29 bits per heavy atom. The van der Waals surface area contributed by atoms with E-state index in [2.05, 4.69) is 0 Å². The number of amides is 1. The number of benzene rings is 1. The van der Waals surface area contributed by atoms with Gasteiger partial charge in [-0.15, -0.1) is 0 Å². The highest BCUT2D eigenvalue weighted by Crippen LogP contribution is 2.38. The maximum absolute atomic E-state index is 12.7. The van der Waals surface area contributed by atoms with E-state index in [1.807, 2.05) is 45.9 Å². The monoisotopic (exact) mass is 289 g/mol. The SMILES string of the molecule is Cc1ccc(C)c(C(=O)N2CCC(C(=O)O)(C(C)C)C2)c1. The zero-order valence-electron chi connectivity index (χ0n) is 13.1. The van der Waals surface area contributed by atoms with Gasteiger partial charge >= 0.3 is 5.97 Å². The highest BCUT2D eigenvalue weighted by Gasteiger charge is 2.48. The predicted octanol–water partition coefficient (Wildman–Crippen LogP) is 2.88. The summed E-state index contributed by atoms with van der Waals surface area (Å²) in [6, 6.07) is 5.80. The first-order valence-electron chi connectivity index (χ1n) is 7.38. The van der Waals surface area contributed by atoms with Crippen LogP contribution >= 0.6 is 0 Å². The number of hydrogen-bond acceptors (Lipinski definition) is 2. The molecule has 21 heavy (non-hydrogen) atoms. The molecule has 4 nitrogen and oxygen atoms in total. The molecule has 1 atom stereocenters. The normalized spacial score (nSPS) is 21.9. The molecule has 0 radical (unpaired) electrons. The number of carboxylic acids is 1. The lowest BCUT2D eigenvalue weighted by Gasteiger charge is -2.28. The van der Waals surface area contributed by atoms with Gasteiger partial charge in [-0.25, -0.2) is 0 Å². The Morgan fingerprint density at radius 3 is 2.48 bits per heavy atom. The van der Waals surface area contributed by atoms with Gasteiger partial charge in [0.2, 0.25) is 0 Å². The van der Waals surface area contributed by atoms with E-state index in [-0.39, 0.29) is 11.8 Å². The Kier molecular flexibility index (Phi) is 4.08. The number of likely N-dealkylation sites (tertiary alicyclic amines) is 1. The van der Waals surface area contributed by atoms with Gasteiger partial charge in [0.05, 0.1) is 5.41 Å². The van der Waals surface area contributed by atoms with Gasteiger partial charge in [0.15, 0.2) is 0 Å². The summed E-state index contributed by atoms with van der Waals surface area (Å²) in [6.07, 6.45) is 0.524. The van der Waals surface area contributed by atoms with E-state index in [1.165, 1.54) is 0 Å². The van der Waals surface area contributed by atoms with Gasteiger partial charge in [0.1, 0.15) is 0 Å². The van der Waals surface area contributed by atoms with Crippen molar-refractivity contribution in [2.24, 2.45) is 11.3 Å².